The molecule has 1 aromatic rings. The van der Waals surface area contributed by atoms with E-state index in [1.807, 2.05) is 0 Å². The molecule has 0 aromatic heterocycles. The van der Waals surface area contributed by atoms with Crippen LogP contribution in [-0.2, 0) is 6.18 Å². The lowest BCUT2D eigenvalue weighted by Gasteiger charge is -2.17. The Balaban J connectivity index is 3.46. The fourth-order valence-corrected chi connectivity index (χ4v) is 1.53. The molecule has 0 radical (unpaired) electrons. The molecule has 16 heavy (non-hydrogen) atoms. The van der Waals surface area contributed by atoms with Gasteiger partial charge in [0.25, 0.3) is 0 Å². The highest BCUT2D eigenvalue weighted by molar-refractivity contribution is 5.50. The summed E-state index contributed by atoms with van der Waals surface area (Å²) in [5.74, 6) is -1.62. The van der Waals surface area contributed by atoms with Crippen LogP contribution < -0.4 is 5.32 Å². The minimum Gasteiger partial charge on any atom is -0.388 e. The van der Waals surface area contributed by atoms with Crippen LogP contribution in [-0.4, -0.2) is 7.05 Å². The fraction of sp³-hybridized carbons (Fsp3) is 0.455. The normalized spacial score (nSPS) is 12.0. The van der Waals surface area contributed by atoms with Gasteiger partial charge in [-0.3, -0.25) is 0 Å². The van der Waals surface area contributed by atoms with Crippen molar-refractivity contribution in [3.8, 4) is 0 Å². The Labute approximate surface area is 91.5 Å². The maximum atomic E-state index is 13.4. The predicted molar refractivity (Wildman–Crippen MR) is 55.0 cm³/mol. The third kappa shape index (κ3) is 2.46. The second kappa shape index (κ2) is 4.31. The molecule has 0 aliphatic carbocycles. The zero-order valence-corrected chi connectivity index (χ0v) is 9.24. The molecular weight excluding hydrogens is 222 g/mol. The highest BCUT2D eigenvalue weighted by Gasteiger charge is 2.37. The summed E-state index contributed by atoms with van der Waals surface area (Å²) in [6, 6.07) is 2.19. The van der Waals surface area contributed by atoms with Crippen LogP contribution in [0.2, 0.25) is 0 Å². The minimum atomic E-state index is -4.66. The van der Waals surface area contributed by atoms with Gasteiger partial charge in [-0.15, -0.1) is 0 Å². The molecule has 5 heteroatoms. The van der Waals surface area contributed by atoms with Gasteiger partial charge in [0.15, 0.2) is 0 Å². The topological polar surface area (TPSA) is 12.0 Å². The Kier molecular flexibility index (Phi) is 3.45. The van der Waals surface area contributed by atoms with Crippen molar-refractivity contribution in [1.29, 1.82) is 0 Å². The molecule has 0 aliphatic heterocycles. The first kappa shape index (κ1) is 12.8. The molecule has 1 rings (SSSR count). The molecule has 1 N–H and O–H groups in total. The van der Waals surface area contributed by atoms with E-state index in [9.17, 15) is 17.6 Å². The summed E-state index contributed by atoms with van der Waals surface area (Å²) in [5.41, 5.74) is -0.854. The van der Waals surface area contributed by atoms with Gasteiger partial charge in [-0.25, -0.2) is 4.39 Å². The fourth-order valence-electron chi connectivity index (χ4n) is 1.53. The van der Waals surface area contributed by atoms with Crippen molar-refractivity contribution >= 4 is 5.69 Å². The summed E-state index contributed by atoms with van der Waals surface area (Å²) < 4.78 is 51.3. The van der Waals surface area contributed by atoms with Crippen LogP contribution in [0, 0.1) is 5.82 Å². The van der Waals surface area contributed by atoms with E-state index < -0.39 is 17.6 Å². The van der Waals surface area contributed by atoms with E-state index in [1.165, 1.54) is 13.1 Å². The quantitative estimate of drug-likeness (QED) is 0.764. The Hall–Kier alpha value is -1.26. The van der Waals surface area contributed by atoms with Crippen molar-refractivity contribution in [3.63, 3.8) is 0 Å². The second-order valence-electron chi connectivity index (χ2n) is 3.82. The summed E-state index contributed by atoms with van der Waals surface area (Å²) in [7, 11) is 1.53. The molecule has 0 bridgehead atoms. The molecule has 0 spiro atoms. The first-order valence-electron chi connectivity index (χ1n) is 4.85. The van der Waals surface area contributed by atoms with E-state index in [0.29, 0.717) is 5.69 Å². The summed E-state index contributed by atoms with van der Waals surface area (Å²) in [5, 5.41) is 2.63. The number of hydrogen-bond acceptors (Lipinski definition) is 1. The van der Waals surface area contributed by atoms with Gasteiger partial charge in [-0.1, -0.05) is 13.8 Å². The van der Waals surface area contributed by atoms with E-state index in [-0.39, 0.29) is 11.5 Å². The molecule has 90 valence electrons. The Bertz CT molecular complexity index is 382. The maximum absolute atomic E-state index is 13.4. The van der Waals surface area contributed by atoms with Crippen molar-refractivity contribution in [2.45, 2.75) is 25.9 Å². The van der Waals surface area contributed by atoms with Gasteiger partial charge in [-0.05, 0) is 23.6 Å². The van der Waals surface area contributed by atoms with Crippen LogP contribution in [0.1, 0.15) is 30.9 Å². The highest BCUT2D eigenvalue weighted by atomic mass is 19.4. The van der Waals surface area contributed by atoms with Crippen LogP contribution in [0.15, 0.2) is 12.1 Å². The van der Waals surface area contributed by atoms with Crippen LogP contribution in [0.25, 0.3) is 0 Å². The molecule has 1 nitrogen and oxygen atoms in total. The number of nitrogens with one attached hydrogen (secondary N) is 1. The van der Waals surface area contributed by atoms with Crippen LogP contribution in [0.3, 0.4) is 0 Å². The van der Waals surface area contributed by atoms with E-state index in [2.05, 4.69) is 5.32 Å². The lowest BCUT2D eigenvalue weighted by molar-refractivity contribution is -0.140. The molecule has 0 heterocycles. The van der Waals surface area contributed by atoms with Crippen molar-refractivity contribution in [1.82, 2.24) is 0 Å². The summed E-state index contributed by atoms with van der Waals surface area (Å²) in [6.07, 6.45) is -4.66. The predicted octanol–water partition coefficient (Wildman–Crippen LogP) is 4.01. The van der Waals surface area contributed by atoms with Gasteiger partial charge in [-0.2, -0.15) is 13.2 Å². The zero-order valence-electron chi connectivity index (χ0n) is 9.24. The average Bonchev–Trinajstić information content (AvgIpc) is 2.14. The molecular formula is C11H13F4N. The number of rotatable bonds is 2. The van der Waals surface area contributed by atoms with Gasteiger partial charge in [0.1, 0.15) is 5.82 Å². The van der Waals surface area contributed by atoms with E-state index in [4.69, 9.17) is 0 Å². The molecule has 0 amide bonds. The smallest absolute Gasteiger partial charge is 0.388 e. The Morgan fingerprint density at radius 1 is 1.19 bits per heavy atom. The van der Waals surface area contributed by atoms with Crippen molar-refractivity contribution in [3.05, 3.63) is 29.1 Å². The average molecular weight is 235 g/mol. The van der Waals surface area contributed by atoms with Crippen LogP contribution >= 0.6 is 0 Å². The van der Waals surface area contributed by atoms with Gasteiger partial charge < -0.3 is 5.32 Å². The summed E-state index contributed by atoms with van der Waals surface area (Å²) in [6.45, 7) is 3.20. The Morgan fingerprint density at radius 3 is 2.12 bits per heavy atom. The zero-order chi connectivity index (χ0) is 12.5. The van der Waals surface area contributed by atoms with Gasteiger partial charge >= 0.3 is 6.18 Å². The third-order valence-electron chi connectivity index (χ3n) is 2.31. The molecule has 0 saturated heterocycles. The number of benzene rings is 1. The number of halogens is 4. The molecule has 0 aliphatic rings. The van der Waals surface area contributed by atoms with Crippen molar-refractivity contribution < 1.29 is 17.6 Å². The third-order valence-corrected chi connectivity index (χ3v) is 2.31. The number of hydrogen-bond donors (Lipinski definition) is 1. The lowest BCUT2D eigenvalue weighted by Crippen LogP contribution is -2.13. The number of anilines is 1. The summed E-state index contributed by atoms with van der Waals surface area (Å²) in [4.78, 5) is 0. The largest absolute Gasteiger partial charge is 0.419 e. The van der Waals surface area contributed by atoms with Gasteiger partial charge in [0, 0.05) is 12.7 Å². The van der Waals surface area contributed by atoms with Gasteiger partial charge in [0.05, 0.1) is 5.56 Å². The maximum Gasteiger partial charge on any atom is 0.419 e. The SMILES string of the molecule is CNc1cc(F)c(C(F)(F)F)c(C(C)C)c1. The minimum absolute atomic E-state index is 0.0307. The van der Waals surface area contributed by atoms with Crippen LogP contribution in [0.4, 0.5) is 23.2 Å². The Morgan fingerprint density at radius 2 is 1.75 bits per heavy atom. The summed E-state index contributed by atoms with van der Waals surface area (Å²) >= 11 is 0. The van der Waals surface area contributed by atoms with Crippen molar-refractivity contribution in [2.75, 3.05) is 12.4 Å². The second-order valence-corrected chi connectivity index (χ2v) is 3.82. The standard InChI is InChI=1S/C11H13F4N/c1-6(2)8-4-7(16-3)5-9(12)10(8)11(13,14)15/h4-6,16H,1-3H3. The molecule has 0 atom stereocenters. The van der Waals surface area contributed by atoms with E-state index in [0.717, 1.165) is 6.07 Å². The molecule has 0 unspecified atom stereocenters. The first-order chi connectivity index (χ1) is 7.27. The first-order valence-corrected chi connectivity index (χ1v) is 4.85. The monoisotopic (exact) mass is 235 g/mol. The van der Waals surface area contributed by atoms with Crippen molar-refractivity contribution in [2.24, 2.45) is 0 Å². The van der Waals surface area contributed by atoms with Gasteiger partial charge in [0.2, 0.25) is 0 Å². The van der Waals surface area contributed by atoms with E-state index in [1.54, 1.807) is 13.8 Å². The lowest BCUT2D eigenvalue weighted by atomic mass is 9.95. The molecule has 1 aromatic carbocycles. The van der Waals surface area contributed by atoms with E-state index >= 15 is 0 Å². The van der Waals surface area contributed by atoms with Crippen LogP contribution in [0.5, 0.6) is 0 Å². The highest BCUT2D eigenvalue weighted by Crippen LogP contribution is 2.38. The molecule has 0 saturated carbocycles. The molecule has 0 fully saturated rings. The number of alkyl halides is 3.